The van der Waals surface area contributed by atoms with Crippen LogP contribution in [0, 0.1) is 12.8 Å². The van der Waals surface area contributed by atoms with Crippen molar-refractivity contribution in [2.75, 3.05) is 4.90 Å². The average molecular weight is 357 g/mol. The van der Waals surface area contributed by atoms with Crippen molar-refractivity contribution < 1.29 is 9.59 Å². The van der Waals surface area contributed by atoms with Gasteiger partial charge in [-0.15, -0.1) is 0 Å². The Bertz CT molecular complexity index is 923. The molecular formula is C24H23NO2. The van der Waals surface area contributed by atoms with Crippen LogP contribution in [0.4, 0.5) is 5.69 Å². The molecule has 1 amide bonds. The molecule has 0 saturated heterocycles. The van der Waals surface area contributed by atoms with Crippen LogP contribution >= 0.6 is 0 Å². The van der Waals surface area contributed by atoms with Gasteiger partial charge in [0.15, 0.2) is 5.78 Å². The first-order chi connectivity index (χ1) is 13.1. The second-order valence-corrected chi connectivity index (χ2v) is 7.28. The lowest BCUT2D eigenvalue weighted by molar-refractivity contribution is -0.120. The molecule has 0 radical (unpaired) electrons. The van der Waals surface area contributed by atoms with Crippen molar-refractivity contribution in [2.24, 2.45) is 5.92 Å². The van der Waals surface area contributed by atoms with Gasteiger partial charge < -0.3 is 0 Å². The summed E-state index contributed by atoms with van der Waals surface area (Å²) in [5.41, 5.74) is 4.82. The van der Waals surface area contributed by atoms with E-state index in [1.165, 1.54) is 0 Å². The van der Waals surface area contributed by atoms with E-state index < -0.39 is 0 Å². The minimum absolute atomic E-state index is 0.0648. The van der Waals surface area contributed by atoms with E-state index in [1.54, 1.807) is 4.90 Å². The first-order valence-electron chi connectivity index (χ1n) is 9.52. The maximum atomic E-state index is 13.0. The number of carbonyl (C=O) groups is 2. The van der Waals surface area contributed by atoms with Gasteiger partial charge in [-0.05, 0) is 37.5 Å². The number of allylic oxidation sites excluding steroid dienone is 3. The van der Waals surface area contributed by atoms with E-state index in [9.17, 15) is 9.59 Å². The summed E-state index contributed by atoms with van der Waals surface area (Å²) in [6, 6.07) is 18.0. The summed E-state index contributed by atoms with van der Waals surface area (Å²) in [6.45, 7) is 2.03. The molecule has 0 bridgehead atoms. The molecule has 27 heavy (non-hydrogen) atoms. The Balaban J connectivity index is 1.74. The summed E-state index contributed by atoms with van der Waals surface area (Å²) >= 11 is 0. The quantitative estimate of drug-likeness (QED) is 0.769. The third kappa shape index (κ3) is 3.50. The molecule has 0 saturated carbocycles. The summed E-state index contributed by atoms with van der Waals surface area (Å²) in [5.74, 6) is 0.112. The number of aryl methyl sites for hydroxylation is 1. The molecule has 0 spiro atoms. The van der Waals surface area contributed by atoms with Crippen molar-refractivity contribution in [3.05, 3.63) is 83.1 Å². The van der Waals surface area contributed by atoms with Crippen molar-refractivity contribution >= 4 is 23.5 Å². The minimum Gasteiger partial charge on any atom is -0.294 e. The Kier molecular flexibility index (Phi) is 4.76. The van der Waals surface area contributed by atoms with E-state index in [1.807, 2.05) is 73.7 Å². The number of anilines is 1. The number of hydrogen-bond acceptors (Lipinski definition) is 2. The van der Waals surface area contributed by atoms with Crippen LogP contribution in [-0.4, -0.2) is 11.7 Å². The third-order valence-electron chi connectivity index (χ3n) is 5.33. The van der Waals surface area contributed by atoms with Crippen LogP contribution in [0.2, 0.25) is 0 Å². The molecule has 0 fully saturated rings. The average Bonchev–Trinajstić information content (AvgIpc) is 2.68. The first kappa shape index (κ1) is 17.5. The Morgan fingerprint density at radius 2 is 1.70 bits per heavy atom. The summed E-state index contributed by atoms with van der Waals surface area (Å²) < 4.78 is 0. The van der Waals surface area contributed by atoms with Crippen LogP contribution < -0.4 is 4.90 Å². The third-order valence-corrected chi connectivity index (χ3v) is 5.33. The molecule has 1 unspecified atom stereocenters. The van der Waals surface area contributed by atoms with Crippen molar-refractivity contribution in [2.45, 2.75) is 32.6 Å². The van der Waals surface area contributed by atoms with E-state index in [-0.39, 0.29) is 17.6 Å². The van der Waals surface area contributed by atoms with Gasteiger partial charge in [-0.25, -0.2) is 0 Å². The zero-order valence-corrected chi connectivity index (χ0v) is 15.5. The zero-order chi connectivity index (χ0) is 18.8. The maximum absolute atomic E-state index is 13.0. The molecular weight excluding hydrogens is 334 g/mol. The molecule has 2 aromatic carbocycles. The standard InChI is InChI=1S/C24H23NO2/c1-17-10-14-20(15-11-17)25-21-8-5-9-22(26)24(21)19(16-23(25)27)13-12-18-6-3-2-4-7-18/h2-4,6-7,10-15,19H,5,8-9,16H2,1H3/b13-12+. The van der Waals surface area contributed by atoms with Gasteiger partial charge in [0, 0.05) is 35.7 Å². The van der Waals surface area contributed by atoms with E-state index in [0.717, 1.165) is 40.9 Å². The Labute approximate surface area is 160 Å². The molecule has 1 aliphatic heterocycles. The predicted octanol–water partition coefficient (Wildman–Crippen LogP) is 5.07. The van der Waals surface area contributed by atoms with Crippen LogP contribution in [0.3, 0.4) is 0 Å². The normalized spacial score (nSPS) is 20.3. The lowest BCUT2D eigenvalue weighted by Crippen LogP contribution is -2.40. The number of ketones is 1. The van der Waals surface area contributed by atoms with Gasteiger partial charge in [0.2, 0.25) is 5.91 Å². The molecule has 1 aliphatic carbocycles. The fraction of sp³-hybridized carbons (Fsp3) is 0.250. The molecule has 4 rings (SSSR count). The van der Waals surface area contributed by atoms with Crippen LogP contribution in [0.15, 0.2) is 71.9 Å². The summed E-state index contributed by atoms with van der Waals surface area (Å²) in [5, 5.41) is 0. The second-order valence-electron chi connectivity index (χ2n) is 7.28. The van der Waals surface area contributed by atoms with Crippen molar-refractivity contribution in [3.63, 3.8) is 0 Å². The highest BCUT2D eigenvalue weighted by Crippen LogP contribution is 2.39. The molecule has 2 aliphatic rings. The van der Waals surface area contributed by atoms with Gasteiger partial charge in [0.25, 0.3) is 0 Å². The first-order valence-corrected chi connectivity index (χ1v) is 9.52. The van der Waals surface area contributed by atoms with Crippen LogP contribution in [0.1, 0.15) is 36.8 Å². The van der Waals surface area contributed by atoms with Gasteiger partial charge in [0.1, 0.15) is 0 Å². The fourth-order valence-corrected chi connectivity index (χ4v) is 3.98. The molecule has 1 atom stereocenters. The number of hydrogen-bond donors (Lipinski definition) is 0. The van der Waals surface area contributed by atoms with E-state index in [2.05, 4.69) is 0 Å². The van der Waals surface area contributed by atoms with Gasteiger partial charge in [-0.3, -0.25) is 14.5 Å². The topological polar surface area (TPSA) is 37.4 Å². The molecule has 3 heteroatoms. The van der Waals surface area contributed by atoms with E-state index in [4.69, 9.17) is 0 Å². The highest BCUT2D eigenvalue weighted by Gasteiger charge is 2.37. The smallest absolute Gasteiger partial charge is 0.232 e. The highest BCUT2D eigenvalue weighted by molar-refractivity contribution is 6.06. The fourth-order valence-electron chi connectivity index (χ4n) is 3.98. The van der Waals surface area contributed by atoms with Gasteiger partial charge in [-0.1, -0.05) is 60.2 Å². The summed E-state index contributed by atoms with van der Waals surface area (Å²) in [4.78, 5) is 27.5. The minimum atomic E-state index is -0.137. The van der Waals surface area contributed by atoms with Gasteiger partial charge in [-0.2, -0.15) is 0 Å². The number of Topliss-reactive ketones (excluding diaryl/α,β-unsaturated/α-hetero) is 1. The molecule has 136 valence electrons. The molecule has 0 aromatic heterocycles. The van der Waals surface area contributed by atoms with Crippen LogP contribution in [-0.2, 0) is 9.59 Å². The predicted molar refractivity (Wildman–Crippen MR) is 108 cm³/mol. The zero-order valence-electron chi connectivity index (χ0n) is 15.5. The van der Waals surface area contributed by atoms with E-state index >= 15 is 0 Å². The maximum Gasteiger partial charge on any atom is 0.232 e. The van der Waals surface area contributed by atoms with Crippen LogP contribution in [0.5, 0.6) is 0 Å². The van der Waals surface area contributed by atoms with Crippen LogP contribution in [0.25, 0.3) is 6.08 Å². The second kappa shape index (κ2) is 7.36. The van der Waals surface area contributed by atoms with Gasteiger partial charge in [0.05, 0.1) is 0 Å². The van der Waals surface area contributed by atoms with Crippen molar-refractivity contribution in [3.8, 4) is 0 Å². The van der Waals surface area contributed by atoms with Crippen molar-refractivity contribution in [1.82, 2.24) is 0 Å². The lowest BCUT2D eigenvalue weighted by Gasteiger charge is -2.37. The number of nitrogens with zero attached hydrogens (tertiary/aromatic N) is 1. The summed E-state index contributed by atoms with van der Waals surface area (Å²) in [7, 11) is 0. The SMILES string of the molecule is Cc1ccc(N2C(=O)CC(/C=C/c3ccccc3)C3=C2CCCC3=O)cc1. The number of benzene rings is 2. The molecule has 3 nitrogen and oxygen atoms in total. The molecule has 1 heterocycles. The Hall–Kier alpha value is -2.94. The molecule has 2 aromatic rings. The lowest BCUT2D eigenvalue weighted by atomic mass is 9.80. The van der Waals surface area contributed by atoms with Crippen molar-refractivity contribution in [1.29, 1.82) is 0 Å². The monoisotopic (exact) mass is 357 g/mol. The summed E-state index contributed by atoms with van der Waals surface area (Å²) in [6.07, 6.45) is 6.54. The van der Waals surface area contributed by atoms with E-state index in [0.29, 0.717) is 12.8 Å². The number of rotatable bonds is 3. The molecule has 0 N–H and O–H groups in total. The number of carbonyl (C=O) groups excluding carboxylic acids is 2. The number of amides is 1. The highest BCUT2D eigenvalue weighted by atomic mass is 16.2. The van der Waals surface area contributed by atoms with Gasteiger partial charge >= 0.3 is 0 Å². The Morgan fingerprint density at radius 3 is 2.44 bits per heavy atom. The largest absolute Gasteiger partial charge is 0.294 e. The Morgan fingerprint density at radius 1 is 0.963 bits per heavy atom.